The Hall–Kier alpha value is -1.01. The first-order valence-corrected chi connectivity index (χ1v) is 7.62. The molecular weight excluding hydrogens is 264 g/mol. The molecule has 0 saturated carbocycles. The summed E-state index contributed by atoms with van der Waals surface area (Å²) in [6.07, 6.45) is 3.34. The summed E-state index contributed by atoms with van der Waals surface area (Å²) in [5, 5.41) is 14.3. The fraction of sp³-hybridized carbons (Fsp3) is 0.692. The second-order valence-electron chi connectivity index (χ2n) is 5.01. The SMILES string of the molecule is CCCCCNC1C(=O)N2C(C(=O)O)C(C)=CS[C@@H]12. The molecule has 0 radical (unpaired) electrons. The summed E-state index contributed by atoms with van der Waals surface area (Å²) in [6, 6.07) is -1.01. The van der Waals surface area contributed by atoms with Crippen molar-refractivity contribution in [2.45, 2.75) is 50.6 Å². The maximum Gasteiger partial charge on any atom is 0.330 e. The van der Waals surface area contributed by atoms with Gasteiger partial charge in [0.1, 0.15) is 11.4 Å². The van der Waals surface area contributed by atoms with E-state index in [0.717, 1.165) is 31.4 Å². The Balaban J connectivity index is 1.96. The van der Waals surface area contributed by atoms with E-state index in [0.29, 0.717) is 0 Å². The lowest BCUT2D eigenvalue weighted by atomic mass is 9.99. The van der Waals surface area contributed by atoms with E-state index in [1.807, 2.05) is 5.41 Å². The summed E-state index contributed by atoms with van der Waals surface area (Å²) in [4.78, 5) is 24.8. The molecule has 3 atom stereocenters. The van der Waals surface area contributed by atoms with Gasteiger partial charge in [0.15, 0.2) is 6.04 Å². The molecule has 2 heterocycles. The van der Waals surface area contributed by atoms with Crippen molar-refractivity contribution in [1.29, 1.82) is 0 Å². The van der Waals surface area contributed by atoms with Gasteiger partial charge in [0.2, 0.25) is 5.91 Å². The number of carbonyl (C=O) groups excluding carboxylic acids is 1. The number of unbranched alkanes of at least 4 members (excludes halogenated alkanes) is 2. The van der Waals surface area contributed by atoms with Crippen LogP contribution in [0.25, 0.3) is 0 Å². The fourth-order valence-electron chi connectivity index (χ4n) is 2.50. The topological polar surface area (TPSA) is 69.6 Å². The number of amides is 1. The fourth-order valence-corrected chi connectivity index (χ4v) is 3.71. The molecule has 0 aromatic heterocycles. The Morgan fingerprint density at radius 1 is 1.53 bits per heavy atom. The number of aliphatic carboxylic acids is 1. The van der Waals surface area contributed by atoms with Crippen LogP contribution in [0.15, 0.2) is 11.0 Å². The Morgan fingerprint density at radius 2 is 2.26 bits per heavy atom. The molecule has 6 heteroatoms. The van der Waals surface area contributed by atoms with Gasteiger partial charge in [-0.25, -0.2) is 4.79 Å². The summed E-state index contributed by atoms with van der Waals surface area (Å²) in [5.74, 6) is -1.04. The summed E-state index contributed by atoms with van der Waals surface area (Å²) in [6.45, 7) is 4.71. The second-order valence-corrected chi connectivity index (χ2v) is 6.00. The number of carboxylic acid groups (broad SMARTS) is 1. The number of fused-ring (bicyclic) bond motifs is 1. The Bertz CT molecular complexity index is 411. The third-order valence-electron chi connectivity index (χ3n) is 3.56. The van der Waals surface area contributed by atoms with Crippen LogP contribution in [0.3, 0.4) is 0 Å². The number of β-lactam (4-membered cyclic amide) rings is 1. The first kappa shape index (κ1) is 14.4. The molecule has 0 aromatic carbocycles. The summed E-state index contributed by atoms with van der Waals surface area (Å²) >= 11 is 1.54. The number of thioether (sulfide) groups is 1. The van der Waals surface area contributed by atoms with E-state index < -0.39 is 12.0 Å². The summed E-state index contributed by atoms with van der Waals surface area (Å²) in [7, 11) is 0. The maximum absolute atomic E-state index is 12.1. The van der Waals surface area contributed by atoms with Gasteiger partial charge in [-0.05, 0) is 30.9 Å². The number of hydrogen-bond donors (Lipinski definition) is 2. The van der Waals surface area contributed by atoms with E-state index in [1.54, 1.807) is 6.92 Å². The Kier molecular flexibility index (Phi) is 4.52. The molecule has 1 amide bonds. The van der Waals surface area contributed by atoms with Gasteiger partial charge in [0.05, 0.1) is 0 Å². The van der Waals surface area contributed by atoms with Gasteiger partial charge in [-0.15, -0.1) is 11.8 Å². The van der Waals surface area contributed by atoms with Crippen molar-refractivity contribution in [3.05, 3.63) is 11.0 Å². The largest absolute Gasteiger partial charge is 0.479 e. The highest BCUT2D eigenvalue weighted by Gasteiger charge is 2.54. The number of hydrogen-bond acceptors (Lipinski definition) is 4. The highest BCUT2D eigenvalue weighted by atomic mass is 32.2. The Morgan fingerprint density at radius 3 is 2.89 bits per heavy atom. The molecule has 0 aromatic rings. The number of carbonyl (C=O) groups is 2. The molecule has 2 rings (SSSR count). The predicted molar refractivity (Wildman–Crippen MR) is 74.7 cm³/mol. The summed E-state index contributed by atoms with van der Waals surface area (Å²) in [5.41, 5.74) is 0.728. The molecule has 5 nitrogen and oxygen atoms in total. The summed E-state index contributed by atoms with van der Waals surface area (Å²) < 4.78 is 0. The van der Waals surface area contributed by atoms with Crippen molar-refractivity contribution < 1.29 is 14.7 Å². The van der Waals surface area contributed by atoms with Crippen molar-refractivity contribution in [3.8, 4) is 0 Å². The van der Waals surface area contributed by atoms with Gasteiger partial charge in [-0.2, -0.15) is 0 Å². The molecule has 0 bridgehead atoms. The highest BCUT2D eigenvalue weighted by molar-refractivity contribution is 8.02. The maximum atomic E-state index is 12.1. The normalized spacial score (nSPS) is 29.6. The average molecular weight is 284 g/mol. The third kappa shape index (κ3) is 2.65. The van der Waals surface area contributed by atoms with E-state index >= 15 is 0 Å². The van der Waals surface area contributed by atoms with Crippen molar-refractivity contribution >= 4 is 23.6 Å². The van der Waals surface area contributed by atoms with Gasteiger partial charge in [-0.3, -0.25) is 4.79 Å². The monoisotopic (exact) mass is 284 g/mol. The predicted octanol–water partition coefficient (Wildman–Crippen LogP) is 1.41. The van der Waals surface area contributed by atoms with Gasteiger partial charge < -0.3 is 15.3 Å². The van der Waals surface area contributed by atoms with Crippen LogP contribution in [0.4, 0.5) is 0 Å². The zero-order valence-corrected chi connectivity index (χ0v) is 12.1. The zero-order valence-electron chi connectivity index (χ0n) is 11.3. The van der Waals surface area contributed by atoms with Gasteiger partial charge in [-0.1, -0.05) is 19.8 Å². The van der Waals surface area contributed by atoms with Crippen molar-refractivity contribution in [2.24, 2.45) is 0 Å². The molecule has 2 aliphatic heterocycles. The van der Waals surface area contributed by atoms with Crippen LogP contribution in [0.1, 0.15) is 33.1 Å². The zero-order chi connectivity index (χ0) is 14.0. The molecule has 1 fully saturated rings. The molecule has 2 unspecified atom stereocenters. The van der Waals surface area contributed by atoms with Crippen molar-refractivity contribution in [2.75, 3.05) is 6.54 Å². The number of nitrogens with one attached hydrogen (secondary N) is 1. The molecule has 2 N–H and O–H groups in total. The molecule has 0 aliphatic carbocycles. The lowest BCUT2D eigenvalue weighted by molar-refractivity contribution is -0.159. The molecule has 2 aliphatic rings. The van der Waals surface area contributed by atoms with Crippen molar-refractivity contribution in [3.63, 3.8) is 0 Å². The number of rotatable bonds is 6. The van der Waals surface area contributed by atoms with Gasteiger partial charge >= 0.3 is 5.97 Å². The van der Waals surface area contributed by atoms with Gasteiger partial charge in [0.25, 0.3) is 0 Å². The third-order valence-corrected chi connectivity index (χ3v) is 4.85. The van der Waals surface area contributed by atoms with E-state index in [-0.39, 0.29) is 17.3 Å². The minimum Gasteiger partial charge on any atom is -0.479 e. The first-order chi connectivity index (χ1) is 9.07. The number of nitrogens with zero attached hydrogens (tertiary/aromatic N) is 1. The van der Waals surface area contributed by atoms with Crippen LogP contribution in [0.5, 0.6) is 0 Å². The van der Waals surface area contributed by atoms with Crippen LogP contribution >= 0.6 is 11.8 Å². The quantitative estimate of drug-likeness (QED) is 0.570. The van der Waals surface area contributed by atoms with Crippen LogP contribution in [-0.4, -0.2) is 45.9 Å². The lowest BCUT2D eigenvalue weighted by Gasteiger charge is -2.51. The first-order valence-electron chi connectivity index (χ1n) is 6.68. The Labute approximate surface area is 117 Å². The molecule has 106 valence electrons. The van der Waals surface area contributed by atoms with E-state index in [9.17, 15) is 14.7 Å². The molecular formula is C13H20N2O3S. The number of carboxylic acids is 1. The van der Waals surface area contributed by atoms with Gasteiger partial charge in [0, 0.05) is 0 Å². The molecule has 0 spiro atoms. The lowest BCUT2D eigenvalue weighted by Crippen LogP contribution is -2.73. The molecule has 19 heavy (non-hydrogen) atoms. The van der Waals surface area contributed by atoms with E-state index in [2.05, 4.69) is 12.2 Å². The highest BCUT2D eigenvalue weighted by Crippen LogP contribution is 2.39. The average Bonchev–Trinajstić information content (AvgIpc) is 2.38. The van der Waals surface area contributed by atoms with Crippen LogP contribution in [0.2, 0.25) is 0 Å². The molecule has 1 saturated heterocycles. The minimum atomic E-state index is -0.947. The van der Waals surface area contributed by atoms with E-state index in [4.69, 9.17) is 0 Å². The van der Waals surface area contributed by atoms with Crippen LogP contribution in [-0.2, 0) is 9.59 Å². The van der Waals surface area contributed by atoms with Crippen LogP contribution < -0.4 is 5.32 Å². The second kappa shape index (κ2) is 5.96. The smallest absolute Gasteiger partial charge is 0.330 e. The van der Waals surface area contributed by atoms with E-state index in [1.165, 1.54) is 16.7 Å². The standard InChI is InChI=1S/C13H20N2O3S/c1-3-4-5-6-14-9-11(16)15-10(13(17)18)8(2)7-19-12(9)15/h7,9-10,12,14H,3-6H2,1-2H3,(H,17,18)/t9?,10?,12-/m0/s1. The minimum absolute atomic E-state index is 0.0704. The van der Waals surface area contributed by atoms with Crippen LogP contribution in [0, 0.1) is 0 Å². The van der Waals surface area contributed by atoms with Crippen molar-refractivity contribution in [1.82, 2.24) is 10.2 Å².